The first kappa shape index (κ1) is 16.4. The smallest absolute Gasteiger partial charge is 0.264 e. The van der Waals surface area contributed by atoms with Crippen molar-refractivity contribution in [2.75, 3.05) is 6.61 Å². The number of dihydropyridines is 1. The van der Waals surface area contributed by atoms with E-state index in [0.717, 1.165) is 17.7 Å². The quantitative estimate of drug-likeness (QED) is 0.898. The van der Waals surface area contributed by atoms with Crippen molar-refractivity contribution in [3.63, 3.8) is 0 Å². The Kier molecular flexibility index (Phi) is 3.99. The first-order valence-electron chi connectivity index (χ1n) is 8.63. The van der Waals surface area contributed by atoms with Crippen LogP contribution < -0.4 is 10.5 Å². The second kappa shape index (κ2) is 6.33. The van der Waals surface area contributed by atoms with Crippen molar-refractivity contribution in [2.24, 2.45) is 26.6 Å². The molecule has 2 N–H and O–H groups in total. The number of guanidine groups is 1. The summed E-state index contributed by atoms with van der Waals surface area (Å²) in [5.74, 6) is -0.269. The molecule has 4 rings (SSSR count). The topological polar surface area (TPSA) is 106 Å². The van der Waals surface area contributed by atoms with Crippen LogP contribution >= 0.6 is 0 Å². The number of allylic oxidation sites excluding steroid dienone is 1. The number of nitrogens with zero attached hydrogens (tertiary/aromatic N) is 3. The third kappa shape index (κ3) is 2.65. The lowest BCUT2D eigenvalue weighted by Gasteiger charge is -2.30. The Morgan fingerprint density at radius 2 is 1.88 bits per heavy atom. The van der Waals surface area contributed by atoms with Crippen molar-refractivity contribution in [1.29, 1.82) is 0 Å². The number of carbonyl (C=O) groups is 2. The maximum atomic E-state index is 12.7. The number of benzene rings is 1. The van der Waals surface area contributed by atoms with Gasteiger partial charge in [-0.15, -0.1) is 0 Å². The number of amides is 1. The summed E-state index contributed by atoms with van der Waals surface area (Å²) in [6.07, 6.45) is 1.87. The van der Waals surface area contributed by atoms with Gasteiger partial charge >= 0.3 is 0 Å². The molecule has 1 saturated carbocycles. The molecule has 1 unspecified atom stereocenters. The summed E-state index contributed by atoms with van der Waals surface area (Å²) in [5, 5.41) is 0. The zero-order valence-electron chi connectivity index (χ0n) is 14.4. The summed E-state index contributed by atoms with van der Waals surface area (Å²) in [5.41, 5.74) is 8.25. The standard InChI is InChI=1S/C19H18N4O3/c1-2-26-11-8-6-10(7-9-11)14-15-12(4-3-5-13(15)24)21-17-16(14)18(25)23-19(20)22-17/h6-9,16H,2-5H2,1H3,(H2,20,23,25). The number of Topliss-reactive ketones (excluding diaryl/α,β-unsaturated/α-hetero) is 1. The number of ketones is 1. The van der Waals surface area contributed by atoms with Crippen molar-refractivity contribution in [1.82, 2.24) is 0 Å². The lowest BCUT2D eigenvalue weighted by molar-refractivity contribution is -0.118. The Morgan fingerprint density at radius 3 is 2.62 bits per heavy atom. The van der Waals surface area contributed by atoms with Gasteiger partial charge in [-0.1, -0.05) is 12.1 Å². The van der Waals surface area contributed by atoms with E-state index in [1.54, 1.807) is 0 Å². The molecule has 1 aromatic carbocycles. The average Bonchev–Trinajstić information content (AvgIpc) is 2.61. The van der Waals surface area contributed by atoms with Crippen molar-refractivity contribution in [3.8, 4) is 5.75 Å². The molecule has 3 aliphatic rings. The van der Waals surface area contributed by atoms with Crippen molar-refractivity contribution < 1.29 is 14.3 Å². The highest BCUT2D eigenvalue weighted by Gasteiger charge is 2.41. The van der Waals surface area contributed by atoms with Gasteiger partial charge in [-0.05, 0) is 43.0 Å². The minimum absolute atomic E-state index is 0.00765. The summed E-state index contributed by atoms with van der Waals surface area (Å²) < 4.78 is 5.48. The first-order valence-corrected chi connectivity index (χ1v) is 8.63. The molecule has 0 saturated heterocycles. The van der Waals surface area contributed by atoms with Gasteiger partial charge < -0.3 is 10.5 Å². The molecule has 1 aromatic rings. The molecule has 7 heteroatoms. The van der Waals surface area contributed by atoms with Crippen LogP contribution in [0.4, 0.5) is 0 Å². The van der Waals surface area contributed by atoms with Crippen LogP contribution in [0.5, 0.6) is 5.75 Å². The van der Waals surface area contributed by atoms with Crippen LogP contribution in [0.1, 0.15) is 31.7 Å². The highest BCUT2D eigenvalue weighted by molar-refractivity contribution is 6.37. The Balaban J connectivity index is 1.89. The largest absolute Gasteiger partial charge is 0.494 e. The monoisotopic (exact) mass is 350 g/mol. The molecule has 1 aliphatic carbocycles. The van der Waals surface area contributed by atoms with E-state index in [-0.39, 0.29) is 11.7 Å². The Morgan fingerprint density at radius 1 is 1.12 bits per heavy atom. The molecule has 2 aliphatic heterocycles. The number of fused-ring (bicyclic) bond motifs is 2. The molecule has 26 heavy (non-hydrogen) atoms. The summed E-state index contributed by atoms with van der Waals surface area (Å²) >= 11 is 0. The molecule has 0 radical (unpaired) electrons. The zero-order chi connectivity index (χ0) is 18.3. The fourth-order valence-corrected chi connectivity index (χ4v) is 3.57. The van der Waals surface area contributed by atoms with Gasteiger partial charge in [-0.2, -0.15) is 9.98 Å². The van der Waals surface area contributed by atoms with E-state index in [2.05, 4.69) is 15.0 Å². The van der Waals surface area contributed by atoms with Crippen LogP contribution in [-0.4, -0.2) is 35.8 Å². The van der Waals surface area contributed by atoms with Crippen LogP contribution in [0.3, 0.4) is 0 Å². The molecule has 0 bridgehead atoms. The number of rotatable bonds is 3. The second-order valence-electron chi connectivity index (χ2n) is 6.29. The molecule has 7 nitrogen and oxygen atoms in total. The van der Waals surface area contributed by atoms with E-state index >= 15 is 0 Å². The Hall–Kier alpha value is -3.09. The van der Waals surface area contributed by atoms with Crippen LogP contribution in [0, 0.1) is 5.92 Å². The van der Waals surface area contributed by atoms with E-state index in [0.29, 0.717) is 42.1 Å². The van der Waals surface area contributed by atoms with Gasteiger partial charge in [0.2, 0.25) is 5.96 Å². The van der Waals surface area contributed by atoms with Crippen molar-refractivity contribution in [3.05, 3.63) is 35.4 Å². The predicted molar refractivity (Wildman–Crippen MR) is 98.4 cm³/mol. The van der Waals surface area contributed by atoms with Gasteiger partial charge in [0.1, 0.15) is 17.5 Å². The number of nitrogens with two attached hydrogens (primary N) is 1. The van der Waals surface area contributed by atoms with Crippen LogP contribution in [0.2, 0.25) is 0 Å². The zero-order valence-corrected chi connectivity index (χ0v) is 14.4. The Labute approximate surface area is 150 Å². The number of aliphatic imine (C=N–C) groups is 3. The molecular weight excluding hydrogens is 332 g/mol. The predicted octanol–water partition coefficient (Wildman–Crippen LogP) is 1.92. The van der Waals surface area contributed by atoms with Gasteiger partial charge in [-0.3, -0.25) is 9.59 Å². The maximum Gasteiger partial charge on any atom is 0.264 e. The fourth-order valence-electron chi connectivity index (χ4n) is 3.57. The minimum Gasteiger partial charge on any atom is -0.494 e. The highest BCUT2D eigenvalue weighted by atomic mass is 16.5. The fraction of sp³-hybridized carbons (Fsp3) is 0.316. The normalized spacial score (nSPS) is 22.2. The third-order valence-electron chi connectivity index (χ3n) is 4.63. The highest BCUT2D eigenvalue weighted by Crippen LogP contribution is 2.39. The number of amidine groups is 1. The summed E-state index contributed by atoms with van der Waals surface area (Å²) in [7, 11) is 0. The third-order valence-corrected chi connectivity index (χ3v) is 4.63. The molecular formula is C19H18N4O3. The molecule has 0 spiro atoms. The van der Waals surface area contributed by atoms with E-state index in [4.69, 9.17) is 10.5 Å². The lowest BCUT2D eigenvalue weighted by atomic mass is 9.77. The van der Waals surface area contributed by atoms with Gasteiger partial charge in [0, 0.05) is 12.0 Å². The molecule has 1 fully saturated rings. The SMILES string of the molecule is CCOc1ccc(C2=C3C(=O)CCCC3=NC3=NC(N)=NC(=O)C32)cc1. The number of hydrogen-bond acceptors (Lipinski definition) is 6. The Bertz CT molecular complexity index is 923. The number of carbonyl (C=O) groups excluding carboxylic acids is 2. The van der Waals surface area contributed by atoms with E-state index in [1.165, 1.54) is 0 Å². The summed E-state index contributed by atoms with van der Waals surface area (Å²) in [4.78, 5) is 37.7. The molecule has 2 heterocycles. The van der Waals surface area contributed by atoms with Crippen LogP contribution in [0.15, 0.2) is 44.8 Å². The molecule has 1 atom stereocenters. The maximum absolute atomic E-state index is 12.7. The van der Waals surface area contributed by atoms with Crippen LogP contribution in [0.25, 0.3) is 5.57 Å². The molecule has 0 aromatic heterocycles. The van der Waals surface area contributed by atoms with E-state index in [9.17, 15) is 9.59 Å². The molecule has 132 valence electrons. The van der Waals surface area contributed by atoms with E-state index in [1.807, 2.05) is 31.2 Å². The van der Waals surface area contributed by atoms with Crippen molar-refractivity contribution in [2.45, 2.75) is 26.2 Å². The van der Waals surface area contributed by atoms with Gasteiger partial charge in [0.15, 0.2) is 5.78 Å². The van der Waals surface area contributed by atoms with E-state index < -0.39 is 11.8 Å². The first-order chi connectivity index (χ1) is 12.6. The van der Waals surface area contributed by atoms with Gasteiger partial charge in [0.25, 0.3) is 5.91 Å². The van der Waals surface area contributed by atoms with Crippen LogP contribution in [-0.2, 0) is 9.59 Å². The van der Waals surface area contributed by atoms with Crippen molar-refractivity contribution >= 4 is 34.8 Å². The molecule has 1 amide bonds. The van der Waals surface area contributed by atoms with Gasteiger partial charge in [0.05, 0.1) is 12.3 Å². The lowest BCUT2D eigenvalue weighted by Crippen LogP contribution is -2.38. The average molecular weight is 350 g/mol. The summed E-state index contributed by atoms with van der Waals surface area (Å²) in [6, 6.07) is 7.36. The van der Waals surface area contributed by atoms with Gasteiger partial charge in [-0.25, -0.2) is 4.99 Å². The minimum atomic E-state index is -0.791. The summed E-state index contributed by atoms with van der Waals surface area (Å²) in [6.45, 7) is 2.48. The number of ether oxygens (including phenoxy) is 1. The number of hydrogen-bond donors (Lipinski definition) is 1. The second-order valence-corrected chi connectivity index (χ2v) is 6.29.